The summed E-state index contributed by atoms with van der Waals surface area (Å²) in [6, 6.07) is 7.21. The van der Waals surface area contributed by atoms with Gasteiger partial charge in [0.25, 0.3) is 0 Å². The third kappa shape index (κ3) is 1.69. The summed E-state index contributed by atoms with van der Waals surface area (Å²) in [5.41, 5.74) is 0.797. The van der Waals surface area contributed by atoms with Crippen molar-refractivity contribution in [2.45, 2.75) is 31.5 Å². The summed E-state index contributed by atoms with van der Waals surface area (Å²) in [7, 11) is 0. The molecule has 0 aliphatic carbocycles. The Labute approximate surface area is 100 Å². The van der Waals surface area contributed by atoms with Gasteiger partial charge in [0.1, 0.15) is 11.9 Å². The van der Waals surface area contributed by atoms with E-state index in [2.05, 4.69) is 10.2 Å². The fraction of sp³-hybridized carbons (Fsp3) is 0.462. The monoisotopic (exact) mass is 232 g/mol. The maximum Gasteiger partial charge on any atom is 0.238 e. The van der Waals surface area contributed by atoms with Gasteiger partial charge in [0.15, 0.2) is 0 Å². The number of nitrogens with one attached hydrogen (secondary N) is 1. The second-order valence-electron chi connectivity index (χ2n) is 4.72. The normalized spacial score (nSPS) is 28.8. The standard InChI is InChI=1S/C13H16N2O2/c16-11-7-2-1-5-9(11)12-14-13(17)10-6-3-4-8-15(10)12/h1-2,5,7,10,12,16H,3-4,6,8H2,(H,14,17). The number of nitrogens with zero attached hydrogens (tertiary/aromatic N) is 1. The molecule has 1 amide bonds. The minimum atomic E-state index is -0.158. The molecule has 0 aromatic heterocycles. The Hall–Kier alpha value is -1.55. The molecule has 0 spiro atoms. The minimum Gasteiger partial charge on any atom is -0.508 e. The van der Waals surface area contributed by atoms with E-state index in [1.807, 2.05) is 12.1 Å². The van der Waals surface area contributed by atoms with Crippen LogP contribution in [0, 0.1) is 0 Å². The highest BCUT2D eigenvalue weighted by Gasteiger charge is 2.42. The number of phenols is 1. The van der Waals surface area contributed by atoms with Gasteiger partial charge in [0.2, 0.25) is 5.91 Å². The van der Waals surface area contributed by atoms with E-state index in [1.165, 1.54) is 0 Å². The summed E-state index contributed by atoms with van der Waals surface area (Å²) in [6.45, 7) is 0.919. The molecule has 2 unspecified atom stereocenters. The lowest BCUT2D eigenvalue weighted by Crippen LogP contribution is -2.38. The summed E-state index contributed by atoms with van der Waals surface area (Å²) < 4.78 is 0. The number of rotatable bonds is 1. The van der Waals surface area contributed by atoms with Gasteiger partial charge in [0, 0.05) is 12.1 Å². The number of aromatic hydroxyl groups is 1. The number of amides is 1. The van der Waals surface area contributed by atoms with E-state index >= 15 is 0 Å². The lowest BCUT2D eigenvalue weighted by molar-refractivity contribution is -0.122. The Morgan fingerprint density at radius 2 is 2.12 bits per heavy atom. The molecule has 0 radical (unpaired) electrons. The molecule has 90 valence electrons. The first kappa shape index (κ1) is 10.6. The Balaban J connectivity index is 1.94. The molecule has 0 saturated carbocycles. The first-order valence-electron chi connectivity index (χ1n) is 6.11. The number of carbonyl (C=O) groups is 1. The van der Waals surface area contributed by atoms with Crippen LogP contribution in [0.25, 0.3) is 0 Å². The highest BCUT2D eigenvalue weighted by Crippen LogP contribution is 2.35. The fourth-order valence-electron chi connectivity index (χ4n) is 2.83. The zero-order valence-corrected chi connectivity index (χ0v) is 9.60. The van der Waals surface area contributed by atoms with E-state index in [0.29, 0.717) is 0 Å². The molecule has 0 bridgehead atoms. The van der Waals surface area contributed by atoms with Crippen molar-refractivity contribution in [2.75, 3.05) is 6.54 Å². The second-order valence-corrected chi connectivity index (χ2v) is 4.72. The van der Waals surface area contributed by atoms with Crippen molar-refractivity contribution in [1.82, 2.24) is 10.2 Å². The van der Waals surface area contributed by atoms with Gasteiger partial charge < -0.3 is 10.4 Å². The number of carbonyl (C=O) groups excluding carboxylic acids is 1. The van der Waals surface area contributed by atoms with Gasteiger partial charge in [0.05, 0.1) is 6.04 Å². The molecule has 2 saturated heterocycles. The fourth-order valence-corrected chi connectivity index (χ4v) is 2.83. The van der Waals surface area contributed by atoms with Crippen molar-refractivity contribution in [2.24, 2.45) is 0 Å². The average Bonchev–Trinajstić information content (AvgIpc) is 2.68. The Kier molecular flexibility index (Phi) is 2.52. The van der Waals surface area contributed by atoms with Gasteiger partial charge in [-0.15, -0.1) is 0 Å². The first-order valence-corrected chi connectivity index (χ1v) is 6.11. The van der Waals surface area contributed by atoms with E-state index in [0.717, 1.165) is 31.4 Å². The maximum absolute atomic E-state index is 11.9. The number of benzene rings is 1. The zero-order chi connectivity index (χ0) is 11.8. The number of hydrogen-bond donors (Lipinski definition) is 2. The minimum absolute atomic E-state index is 0.00615. The molecule has 2 atom stereocenters. The molecule has 4 heteroatoms. The van der Waals surface area contributed by atoms with Gasteiger partial charge in [-0.3, -0.25) is 9.69 Å². The van der Waals surface area contributed by atoms with Crippen LogP contribution in [0.5, 0.6) is 5.75 Å². The predicted molar refractivity (Wildman–Crippen MR) is 63.3 cm³/mol. The van der Waals surface area contributed by atoms with Crippen LogP contribution >= 0.6 is 0 Å². The van der Waals surface area contributed by atoms with E-state index in [4.69, 9.17) is 0 Å². The van der Waals surface area contributed by atoms with E-state index in [1.54, 1.807) is 12.1 Å². The molecule has 1 aromatic carbocycles. The van der Waals surface area contributed by atoms with Crippen LogP contribution in [0.3, 0.4) is 0 Å². The topological polar surface area (TPSA) is 52.6 Å². The SMILES string of the molecule is O=C1NC(c2ccccc2O)N2CCCCC12. The summed E-state index contributed by atoms with van der Waals surface area (Å²) in [4.78, 5) is 14.0. The molecule has 3 rings (SSSR count). The van der Waals surface area contributed by atoms with Crippen LogP contribution in [0.15, 0.2) is 24.3 Å². The zero-order valence-electron chi connectivity index (χ0n) is 9.60. The van der Waals surface area contributed by atoms with Crippen molar-refractivity contribution in [1.29, 1.82) is 0 Å². The van der Waals surface area contributed by atoms with Crippen molar-refractivity contribution in [3.05, 3.63) is 29.8 Å². The highest BCUT2D eigenvalue weighted by atomic mass is 16.3. The lowest BCUT2D eigenvalue weighted by Gasteiger charge is -2.31. The number of fused-ring (bicyclic) bond motifs is 1. The summed E-state index contributed by atoms with van der Waals surface area (Å²) in [6.07, 6.45) is 3.00. The number of para-hydroxylation sites is 1. The van der Waals surface area contributed by atoms with E-state index in [9.17, 15) is 9.90 Å². The second kappa shape index (κ2) is 4.04. The number of piperidine rings is 1. The number of phenolic OH excluding ortho intramolecular Hbond substituents is 1. The molecule has 2 N–H and O–H groups in total. The van der Waals surface area contributed by atoms with Crippen LogP contribution in [-0.2, 0) is 4.79 Å². The average molecular weight is 232 g/mol. The first-order chi connectivity index (χ1) is 8.27. The van der Waals surface area contributed by atoms with Gasteiger partial charge >= 0.3 is 0 Å². The van der Waals surface area contributed by atoms with Crippen molar-refractivity contribution < 1.29 is 9.90 Å². The Morgan fingerprint density at radius 3 is 2.94 bits per heavy atom. The molecule has 1 aromatic rings. The van der Waals surface area contributed by atoms with Crippen molar-refractivity contribution in [3.63, 3.8) is 0 Å². The third-order valence-corrected chi connectivity index (χ3v) is 3.69. The van der Waals surface area contributed by atoms with Gasteiger partial charge in [-0.05, 0) is 18.9 Å². The van der Waals surface area contributed by atoms with Gasteiger partial charge in [-0.2, -0.15) is 0 Å². The molecular weight excluding hydrogens is 216 g/mol. The summed E-state index contributed by atoms with van der Waals surface area (Å²) >= 11 is 0. The van der Waals surface area contributed by atoms with Crippen molar-refractivity contribution in [3.8, 4) is 5.75 Å². The predicted octanol–water partition coefficient (Wildman–Crippen LogP) is 1.38. The van der Waals surface area contributed by atoms with Crippen molar-refractivity contribution >= 4 is 5.91 Å². The smallest absolute Gasteiger partial charge is 0.238 e. The molecule has 4 nitrogen and oxygen atoms in total. The maximum atomic E-state index is 11.9. The Bertz CT molecular complexity index is 447. The quantitative estimate of drug-likeness (QED) is 0.769. The van der Waals surface area contributed by atoms with Gasteiger partial charge in [-0.25, -0.2) is 0 Å². The van der Waals surface area contributed by atoms with Crippen LogP contribution in [0.2, 0.25) is 0 Å². The van der Waals surface area contributed by atoms with Crippen LogP contribution in [0.1, 0.15) is 31.0 Å². The van der Waals surface area contributed by atoms with Crippen LogP contribution in [-0.4, -0.2) is 28.5 Å². The van der Waals surface area contributed by atoms with Gasteiger partial charge in [-0.1, -0.05) is 24.6 Å². The highest BCUT2D eigenvalue weighted by molar-refractivity contribution is 5.84. The molecule has 17 heavy (non-hydrogen) atoms. The van der Waals surface area contributed by atoms with E-state index < -0.39 is 0 Å². The molecule has 2 heterocycles. The molecule has 2 aliphatic rings. The molecule has 2 aliphatic heterocycles. The Morgan fingerprint density at radius 1 is 1.29 bits per heavy atom. The largest absolute Gasteiger partial charge is 0.508 e. The molecular formula is C13H16N2O2. The lowest BCUT2D eigenvalue weighted by atomic mass is 10.0. The third-order valence-electron chi connectivity index (χ3n) is 3.69. The van der Waals surface area contributed by atoms with E-state index in [-0.39, 0.29) is 23.9 Å². The summed E-state index contributed by atoms with van der Waals surface area (Å²) in [5.74, 6) is 0.349. The number of hydrogen-bond acceptors (Lipinski definition) is 3. The van der Waals surface area contributed by atoms with Crippen LogP contribution < -0.4 is 5.32 Å². The van der Waals surface area contributed by atoms with Crippen LogP contribution in [0.4, 0.5) is 0 Å². The summed E-state index contributed by atoms with van der Waals surface area (Å²) in [5, 5.41) is 12.8. The molecule has 2 fully saturated rings.